The zero-order chi connectivity index (χ0) is 13.4. The van der Waals surface area contributed by atoms with E-state index in [1.807, 2.05) is 26.0 Å². The molecule has 0 radical (unpaired) electrons. The van der Waals surface area contributed by atoms with Crippen molar-refractivity contribution in [2.45, 2.75) is 52.2 Å². The van der Waals surface area contributed by atoms with Crippen LogP contribution in [0.4, 0.5) is 0 Å². The van der Waals surface area contributed by atoms with Crippen molar-refractivity contribution in [3.8, 4) is 0 Å². The number of nitrogens with one attached hydrogen (secondary N) is 2. The number of amides is 1. The van der Waals surface area contributed by atoms with Crippen LogP contribution in [0.2, 0.25) is 0 Å². The van der Waals surface area contributed by atoms with Gasteiger partial charge in [-0.1, -0.05) is 13.3 Å². The number of pyridine rings is 1. The first-order chi connectivity index (χ1) is 8.63. The number of aromatic nitrogens is 1. The highest BCUT2D eigenvalue weighted by molar-refractivity contribution is 5.81. The van der Waals surface area contributed by atoms with Crippen LogP contribution in [0.3, 0.4) is 0 Å². The van der Waals surface area contributed by atoms with Gasteiger partial charge in [0, 0.05) is 25.0 Å². The van der Waals surface area contributed by atoms with Crippen LogP contribution in [0.15, 0.2) is 24.5 Å². The molecule has 0 bridgehead atoms. The highest BCUT2D eigenvalue weighted by atomic mass is 16.2. The molecule has 0 aliphatic heterocycles. The molecule has 18 heavy (non-hydrogen) atoms. The van der Waals surface area contributed by atoms with E-state index in [1.54, 1.807) is 12.4 Å². The van der Waals surface area contributed by atoms with E-state index < -0.39 is 0 Å². The van der Waals surface area contributed by atoms with Crippen LogP contribution < -0.4 is 10.6 Å². The molecule has 0 aliphatic carbocycles. The molecule has 2 N–H and O–H groups in total. The highest BCUT2D eigenvalue weighted by Gasteiger charge is 2.13. The van der Waals surface area contributed by atoms with Gasteiger partial charge in [0.05, 0.1) is 6.04 Å². The summed E-state index contributed by atoms with van der Waals surface area (Å²) in [7, 11) is 0. The molecule has 0 spiro atoms. The summed E-state index contributed by atoms with van der Waals surface area (Å²) in [5.74, 6) is 0.0602. The lowest BCUT2D eigenvalue weighted by molar-refractivity contribution is -0.123. The van der Waals surface area contributed by atoms with Gasteiger partial charge < -0.3 is 10.6 Å². The lowest BCUT2D eigenvalue weighted by atomic mass is 10.2. The van der Waals surface area contributed by atoms with Crippen molar-refractivity contribution < 1.29 is 4.79 Å². The second kappa shape index (κ2) is 7.82. The van der Waals surface area contributed by atoms with Crippen molar-refractivity contribution in [2.24, 2.45) is 0 Å². The topological polar surface area (TPSA) is 54.0 Å². The standard InChI is InChI=1S/C14H23N3O/c1-4-5-11(2)17-14(18)12(3)16-10-13-6-8-15-9-7-13/h6-9,11-12,16H,4-5,10H2,1-3H3,(H,17,18). The Labute approximate surface area is 109 Å². The maximum Gasteiger partial charge on any atom is 0.237 e. The predicted molar refractivity (Wildman–Crippen MR) is 73.1 cm³/mol. The first-order valence-electron chi connectivity index (χ1n) is 6.56. The molecule has 0 fully saturated rings. The van der Waals surface area contributed by atoms with Crippen LogP contribution in [-0.4, -0.2) is 23.0 Å². The van der Waals surface area contributed by atoms with Crippen molar-refractivity contribution in [1.82, 2.24) is 15.6 Å². The largest absolute Gasteiger partial charge is 0.352 e. The SMILES string of the molecule is CCCC(C)NC(=O)C(C)NCc1ccncc1. The molecule has 1 rings (SSSR count). The third-order valence-corrected chi connectivity index (χ3v) is 2.87. The first kappa shape index (κ1) is 14.6. The predicted octanol–water partition coefficient (Wildman–Crippen LogP) is 1.86. The van der Waals surface area contributed by atoms with Crippen LogP contribution >= 0.6 is 0 Å². The molecule has 0 aromatic carbocycles. The lowest BCUT2D eigenvalue weighted by Gasteiger charge is -2.18. The zero-order valence-corrected chi connectivity index (χ0v) is 11.4. The average molecular weight is 249 g/mol. The van der Waals surface area contributed by atoms with Crippen molar-refractivity contribution in [1.29, 1.82) is 0 Å². The summed E-state index contributed by atoms with van der Waals surface area (Å²) in [5.41, 5.74) is 1.13. The maximum absolute atomic E-state index is 11.9. The molecule has 4 nitrogen and oxygen atoms in total. The third-order valence-electron chi connectivity index (χ3n) is 2.87. The Morgan fingerprint density at radius 2 is 2.00 bits per heavy atom. The van der Waals surface area contributed by atoms with E-state index in [0.717, 1.165) is 18.4 Å². The lowest BCUT2D eigenvalue weighted by Crippen LogP contribution is -2.45. The second-order valence-corrected chi connectivity index (χ2v) is 4.66. The Morgan fingerprint density at radius 3 is 2.61 bits per heavy atom. The van der Waals surface area contributed by atoms with E-state index in [9.17, 15) is 4.79 Å². The molecule has 1 amide bonds. The van der Waals surface area contributed by atoms with Gasteiger partial charge in [0.25, 0.3) is 0 Å². The van der Waals surface area contributed by atoms with Crippen LogP contribution in [-0.2, 0) is 11.3 Å². The number of carbonyl (C=O) groups is 1. The summed E-state index contributed by atoms with van der Waals surface area (Å²) in [5, 5.41) is 6.21. The van der Waals surface area contributed by atoms with E-state index in [4.69, 9.17) is 0 Å². The van der Waals surface area contributed by atoms with Crippen molar-refractivity contribution in [3.05, 3.63) is 30.1 Å². The molecule has 1 aromatic heterocycles. The van der Waals surface area contributed by atoms with Crippen LogP contribution in [0.5, 0.6) is 0 Å². The molecule has 0 saturated heterocycles. The van der Waals surface area contributed by atoms with Gasteiger partial charge >= 0.3 is 0 Å². The van der Waals surface area contributed by atoms with Gasteiger partial charge in [-0.3, -0.25) is 9.78 Å². The smallest absolute Gasteiger partial charge is 0.237 e. The number of rotatable bonds is 7. The van der Waals surface area contributed by atoms with E-state index in [2.05, 4.69) is 22.5 Å². The van der Waals surface area contributed by atoms with Gasteiger partial charge in [0.1, 0.15) is 0 Å². The molecule has 1 aromatic rings. The van der Waals surface area contributed by atoms with E-state index in [-0.39, 0.29) is 18.0 Å². The van der Waals surface area contributed by atoms with Gasteiger partial charge in [-0.25, -0.2) is 0 Å². The van der Waals surface area contributed by atoms with E-state index in [1.165, 1.54) is 0 Å². The number of carbonyl (C=O) groups excluding carboxylic acids is 1. The summed E-state index contributed by atoms with van der Waals surface area (Å²) >= 11 is 0. The van der Waals surface area contributed by atoms with Crippen LogP contribution in [0.25, 0.3) is 0 Å². The van der Waals surface area contributed by atoms with Gasteiger partial charge in [0.15, 0.2) is 0 Å². The normalized spacial score (nSPS) is 13.9. The highest BCUT2D eigenvalue weighted by Crippen LogP contribution is 1.98. The first-order valence-corrected chi connectivity index (χ1v) is 6.56. The zero-order valence-electron chi connectivity index (χ0n) is 11.4. The van der Waals surface area contributed by atoms with Crippen LogP contribution in [0.1, 0.15) is 39.2 Å². The molecule has 2 atom stereocenters. The molecule has 1 heterocycles. The Hall–Kier alpha value is -1.42. The van der Waals surface area contributed by atoms with Gasteiger partial charge in [-0.15, -0.1) is 0 Å². The fourth-order valence-electron chi connectivity index (χ4n) is 1.74. The van der Waals surface area contributed by atoms with Crippen molar-refractivity contribution in [3.63, 3.8) is 0 Å². The number of hydrogen-bond donors (Lipinski definition) is 2. The Kier molecular flexibility index (Phi) is 6.36. The van der Waals surface area contributed by atoms with Gasteiger partial charge in [-0.2, -0.15) is 0 Å². The number of nitrogens with zero attached hydrogens (tertiary/aromatic N) is 1. The van der Waals surface area contributed by atoms with Crippen molar-refractivity contribution in [2.75, 3.05) is 0 Å². The Morgan fingerprint density at radius 1 is 1.33 bits per heavy atom. The minimum absolute atomic E-state index is 0.0602. The minimum Gasteiger partial charge on any atom is -0.352 e. The second-order valence-electron chi connectivity index (χ2n) is 4.66. The monoisotopic (exact) mass is 249 g/mol. The Bertz CT molecular complexity index is 353. The molecule has 4 heteroatoms. The average Bonchev–Trinajstić information content (AvgIpc) is 2.37. The molecule has 2 unspecified atom stereocenters. The van der Waals surface area contributed by atoms with Crippen LogP contribution in [0, 0.1) is 0 Å². The fourth-order valence-corrected chi connectivity index (χ4v) is 1.74. The number of hydrogen-bond acceptors (Lipinski definition) is 3. The fraction of sp³-hybridized carbons (Fsp3) is 0.571. The molecular formula is C14H23N3O. The van der Waals surface area contributed by atoms with E-state index >= 15 is 0 Å². The molecular weight excluding hydrogens is 226 g/mol. The van der Waals surface area contributed by atoms with Gasteiger partial charge in [0.2, 0.25) is 5.91 Å². The van der Waals surface area contributed by atoms with E-state index in [0.29, 0.717) is 6.54 Å². The minimum atomic E-state index is -0.183. The molecule has 100 valence electrons. The summed E-state index contributed by atoms with van der Waals surface area (Å²) in [6.07, 6.45) is 5.61. The summed E-state index contributed by atoms with van der Waals surface area (Å²) in [4.78, 5) is 15.8. The Balaban J connectivity index is 2.32. The maximum atomic E-state index is 11.9. The summed E-state index contributed by atoms with van der Waals surface area (Å²) < 4.78 is 0. The third kappa shape index (κ3) is 5.27. The summed E-state index contributed by atoms with van der Waals surface area (Å²) in [6.45, 7) is 6.72. The quantitative estimate of drug-likeness (QED) is 0.775. The molecule has 0 saturated carbocycles. The molecule has 0 aliphatic rings. The summed E-state index contributed by atoms with van der Waals surface area (Å²) in [6, 6.07) is 3.94. The van der Waals surface area contributed by atoms with Crippen molar-refractivity contribution >= 4 is 5.91 Å². The van der Waals surface area contributed by atoms with Gasteiger partial charge in [-0.05, 0) is 38.0 Å².